The second-order valence-electron chi connectivity index (χ2n) is 5.37. The molecule has 1 aromatic heterocycles. The number of nitro groups is 1. The van der Waals surface area contributed by atoms with Crippen molar-refractivity contribution in [2.45, 2.75) is 13.5 Å². The fourth-order valence-corrected chi connectivity index (χ4v) is 3.05. The highest BCUT2D eigenvalue weighted by Crippen LogP contribution is 2.17. The van der Waals surface area contributed by atoms with Gasteiger partial charge in [-0.2, -0.15) is 0 Å². The van der Waals surface area contributed by atoms with Gasteiger partial charge in [-0.1, -0.05) is 18.2 Å². The third-order valence-electron chi connectivity index (χ3n) is 3.77. The molecule has 0 bridgehead atoms. The van der Waals surface area contributed by atoms with Gasteiger partial charge in [0.2, 0.25) is 0 Å². The molecule has 0 atom stereocenters. The lowest BCUT2D eigenvalue weighted by molar-refractivity contribution is -0.384. The van der Waals surface area contributed by atoms with Crippen LogP contribution in [0.1, 0.15) is 18.3 Å². The van der Waals surface area contributed by atoms with Crippen molar-refractivity contribution in [2.75, 3.05) is 0 Å². The predicted molar refractivity (Wildman–Crippen MR) is 106 cm³/mol. The molecule has 126 valence electrons. The summed E-state index contributed by atoms with van der Waals surface area (Å²) in [6.45, 7) is 2.37. The molecule has 0 aliphatic heterocycles. The molecule has 0 fully saturated rings. The molecule has 0 radical (unpaired) electrons. The van der Waals surface area contributed by atoms with Gasteiger partial charge in [0.05, 0.1) is 15.8 Å². The normalized spacial score (nSPS) is 11.3. The Labute approximate surface area is 157 Å². The van der Waals surface area contributed by atoms with Crippen LogP contribution in [-0.2, 0) is 6.54 Å². The van der Waals surface area contributed by atoms with Crippen molar-refractivity contribution in [1.82, 2.24) is 9.55 Å². The first-order chi connectivity index (χ1) is 12.0. The Hall–Kier alpha value is -2.55. The minimum Gasteiger partial charge on any atom is -0.293 e. The summed E-state index contributed by atoms with van der Waals surface area (Å²) in [5.74, 6) is 0.521. The third-order valence-corrected chi connectivity index (χ3v) is 4.44. The zero-order valence-electron chi connectivity index (χ0n) is 13.3. The smallest absolute Gasteiger partial charge is 0.270 e. The maximum Gasteiger partial charge on any atom is 0.270 e. The van der Waals surface area contributed by atoms with Crippen molar-refractivity contribution in [3.8, 4) is 0 Å². The van der Waals surface area contributed by atoms with E-state index in [9.17, 15) is 14.9 Å². The van der Waals surface area contributed by atoms with Crippen LogP contribution in [0, 0.1) is 13.7 Å². The third kappa shape index (κ3) is 3.60. The molecular weight excluding hydrogens is 433 g/mol. The van der Waals surface area contributed by atoms with Gasteiger partial charge >= 0.3 is 0 Å². The first-order valence-corrected chi connectivity index (χ1v) is 8.70. The minimum absolute atomic E-state index is 0.0241. The van der Waals surface area contributed by atoms with Gasteiger partial charge in [0.1, 0.15) is 5.82 Å². The summed E-state index contributed by atoms with van der Waals surface area (Å²) in [5, 5.41) is 11.5. The standard InChI is InChI=1S/C18H14IN3O3/c1-2-21-17(9-6-12-4-3-5-14(10-12)22(24)25)20-16-8-7-13(19)11-15(16)18(21)23/h3-11H,2H2,1H3. The Kier molecular flexibility index (Phi) is 4.93. The summed E-state index contributed by atoms with van der Waals surface area (Å²) >= 11 is 2.16. The number of hydrogen-bond donors (Lipinski definition) is 0. The van der Waals surface area contributed by atoms with Crippen LogP contribution in [0.2, 0.25) is 0 Å². The largest absolute Gasteiger partial charge is 0.293 e. The lowest BCUT2D eigenvalue weighted by Gasteiger charge is -2.09. The predicted octanol–water partition coefficient (Wildman–Crippen LogP) is 4.10. The lowest BCUT2D eigenvalue weighted by atomic mass is 10.2. The second kappa shape index (κ2) is 7.14. The number of aromatic nitrogens is 2. The molecule has 7 heteroatoms. The molecule has 3 rings (SSSR count). The summed E-state index contributed by atoms with van der Waals surface area (Å²) < 4.78 is 2.57. The molecule has 0 amide bonds. The number of nitro benzene ring substituents is 1. The summed E-state index contributed by atoms with van der Waals surface area (Å²) in [6.07, 6.45) is 3.43. The number of halogens is 1. The van der Waals surface area contributed by atoms with Gasteiger partial charge in [0, 0.05) is 22.2 Å². The van der Waals surface area contributed by atoms with E-state index in [1.807, 2.05) is 25.1 Å². The molecule has 0 unspecified atom stereocenters. The second-order valence-corrected chi connectivity index (χ2v) is 6.61. The molecule has 0 saturated heterocycles. The SMILES string of the molecule is CCn1c(C=Cc2cccc([N+](=O)[O-])c2)nc2ccc(I)cc2c1=O. The topological polar surface area (TPSA) is 78.0 Å². The van der Waals surface area contributed by atoms with Gasteiger partial charge in [-0.15, -0.1) is 0 Å². The molecule has 0 aliphatic carbocycles. The maximum absolute atomic E-state index is 12.7. The van der Waals surface area contributed by atoms with Crippen LogP contribution in [-0.4, -0.2) is 14.5 Å². The molecule has 0 saturated carbocycles. The molecule has 3 aromatic rings. The van der Waals surface area contributed by atoms with Crippen molar-refractivity contribution in [2.24, 2.45) is 0 Å². The molecule has 0 spiro atoms. The van der Waals surface area contributed by atoms with E-state index >= 15 is 0 Å². The number of non-ortho nitro benzene ring substituents is 1. The van der Waals surface area contributed by atoms with Crippen LogP contribution in [0.25, 0.3) is 23.1 Å². The van der Waals surface area contributed by atoms with E-state index < -0.39 is 4.92 Å². The van der Waals surface area contributed by atoms with Crippen LogP contribution in [0.15, 0.2) is 47.3 Å². The number of nitrogens with zero attached hydrogens (tertiary/aromatic N) is 3. The van der Waals surface area contributed by atoms with Crippen molar-refractivity contribution in [1.29, 1.82) is 0 Å². The average Bonchev–Trinajstić information content (AvgIpc) is 2.61. The fourth-order valence-electron chi connectivity index (χ4n) is 2.56. The Morgan fingerprint density at radius 2 is 2.04 bits per heavy atom. The summed E-state index contributed by atoms with van der Waals surface area (Å²) in [4.78, 5) is 27.7. The first-order valence-electron chi connectivity index (χ1n) is 7.62. The van der Waals surface area contributed by atoms with Crippen LogP contribution >= 0.6 is 22.6 Å². The summed E-state index contributed by atoms with van der Waals surface area (Å²) in [6, 6.07) is 11.9. The van der Waals surface area contributed by atoms with Gasteiger partial charge in [-0.3, -0.25) is 19.5 Å². The van der Waals surface area contributed by atoms with E-state index in [-0.39, 0.29) is 11.2 Å². The Bertz CT molecular complexity index is 1060. The van der Waals surface area contributed by atoms with Gasteiger partial charge in [0.25, 0.3) is 11.2 Å². The number of hydrogen-bond acceptors (Lipinski definition) is 4. The van der Waals surface area contributed by atoms with Crippen LogP contribution in [0.4, 0.5) is 5.69 Å². The van der Waals surface area contributed by atoms with Gasteiger partial charge in [0.15, 0.2) is 0 Å². The van der Waals surface area contributed by atoms with E-state index in [0.717, 1.165) is 3.57 Å². The monoisotopic (exact) mass is 447 g/mol. The van der Waals surface area contributed by atoms with Crippen LogP contribution in [0.5, 0.6) is 0 Å². The Morgan fingerprint density at radius 3 is 2.76 bits per heavy atom. The van der Waals surface area contributed by atoms with Crippen molar-refractivity contribution in [3.05, 3.63) is 77.9 Å². The lowest BCUT2D eigenvalue weighted by Crippen LogP contribution is -2.23. The van der Waals surface area contributed by atoms with E-state index in [0.29, 0.717) is 28.8 Å². The molecule has 1 heterocycles. The van der Waals surface area contributed by atoms with E-state index in [1.54, 1.807) is 28.9 Å². The molecular formula is C18H14IN3O3. The first kappa shape index (κ1) is 17.3. The Morgan fingerprint density at radius 1 is 1.24 bits per heavy atom. The minimum atomic E-state index is -0.435. The molecule has 0 N–H and O–H groups in total. The maximum atomic E-state index is 12.7. The molecule has 0 aliphatic rings. The van der Waals surface area contributed by atoms with E-state index in [4.69, 9.17) is 0 Å². The van der Waals surface area contributed by atoms with Crippen molar-refractivity contribution < 1.29 is 4.92 Å². The average molecular weight is 447 g/mol. The number of fused-ring (bicyclic) bond motifs is 1. The number of benzene rings is 2. The van der Waals surface area contributed by atoms with Gasteiger partial charge in [-0.25, -0.2) is 4.98 Å². The van der Waals surface area contributed by atoms with Crippen LogP contribution < -0.4 is 5.56 Å². The van der Waals surface area contributed by atoms with Crippen LogP contribution in [0.3, 0.4) is 0 Å². The molecule has 2 aromatic carbocycles. The quantitative estimate of drug-likeness (QED) is 0.343. The number of rotatable bonds is 4. The van der Waals surface area contributed by atoms with Gasteiger partial charge in [-0.05, 0) is 59.4 Å². The van der Waals surface area contributed by atoms with E-state index in [1.165, 1.54) is 12.1 Å². The highest BCUT2D eigenvalue weighted by atomic mass is 127. The van der Waals surface area contributed by atoms with Crippen molar-refractivity contribution in [3.63, 3.8) is 0 Å². The fraction of sp³-hybridized carbons (Fsp3) is 0.111. The zero-order valence-corrected chi connectivity index (χ0v) is 15.5. The van der Waals surface area contributed by atoms with Gasteiger partial charge < -0.3 is 0 Å². The summed E-state index contributed by atoms with van der Waals surface area (Å²) in [5.41, 5.74) is 1.24. The zero-order chi connectivity index (χ0) is 18.0. The summed E-state index contributed by atoms with van der Waals surface area (Å²) in [7, 11) is 0. The molecule has 6 nitrogen and oxygen atoms in total. The van der Waals surface area contributed by atoms with E-state index in [2.05, 4.69) is 27.6 Å². The highest BCUT2D eigenvalue weighted by Gasteiger charge is 2.09. The molecule has 25 heavy (non-hydrogen) atoms. The highest BCUT2D eigenvalue weighted by molar-refractivity contribution is 14.1. The van der Waals surface area contributed by atoms with Crippen molar-refractivity contribution >= 4 is 51.3 Å². The Balaban J connectivity index is 2.09.